The lowest BCUT2D eigenvalue weighted by atomic mass is 9.68. The SMILES string of the molecule is CC1(C)C(=O)OC(=O)C1(C)C(F)(F)F. The first-order chi connectivity index (χ1) is 6.05. The molecule has 1 unspecified atom stereocenters. The van der Waals surface area contributed by atoms with Crippen LogP contribution in [0, 0.1) is 10.8 Å². The van der Waals surface area contributed by atoms with Gasteiger partial charge in [0.1, 0.15) is 0 Å². The lowest BCUT2D eigenvalue weighted by Crippen LogP contribution is -2.49. The first-order valence-corrected chi connectivity index (χ1v) is 3.88. The van der Waals surface area contributed by atoms with Gasteiger partial charge in [-0.3, -0.25) is 9.59 Å². The van der Waals surface area contributed by atoms with Crippen molar-refractivity contribution in [3.8, 4) is 0 Å². The Morgan fingerprint density at radius 2 is 1.50 bits per heavy atom. The molecule has 0 aromatic carbocycles. The Labute approximate surface area is 78.2 Å². The van der Waals surface area contributed by atoms with Crippen LogP contribution in [0.25, 0.3) is 0 Å². The van der Waals surface area contributed by atoms with Crippen molar-refractivity contribution >= 4 is 11.9 Å². The zero-order valence-corrected chi connectivity index (χ0v) is 7.86. The maximum Gasteiger partial charge on any atom is 0.405 e. The summed E-state index contributed by atoms with van der Waals surface area (Å²) in [5.41, 5.74) is -4.63. The molecule has 0 amide bonds. The summed E-state index contributed by atoms with van der Waals surface area (Å²) in [7, 11) is 0. The Kier molecular flexibility index (Phi) is 1.96. The molecule has 1 aliphatic rings. The van der Waals surface area contributed by atoms with E-state index in [1.165, 1.54) is 0 Å². The molecule has 1 aliphatic heterocycles. The van der Waals surface area contributed by atoms with Crippen LogP contribution in [-0.4, -0.2) is 18.1 Å². The van der Waals surface area contributed by atoms with Gasteiger partial charge in [-0.1, -0.05) is 0 Å². The number of rotatable bonds is 0. The zero-order chi connectivity index (χ0) is 11.4. The summed E-state index contributed by atoms with van der Waals surface area (Å²) in [5.74, 6) is -2.66. The quantitative estimate of drug-likeness (QED) is 0.451. The molecule has 14 heavy (non-hydrogen) atoms. The number of carbonyl (C=O) groups is 2. The van der Waals surface area contributed by atoms with Crippen molar-refractivity contribution < 1.29 is 27.5 Å². The number of halogens is 3. The Hall–Kier alpha value is -1.07. The number of hydrogen-bond donors (Lipinski definition) is 0. The molecule has 1 heterocycles. The maximum absolute atomic E-state index is 12.6. The molecule has 3 nitrogen and oxygen atoms in total. The van der Waals surface area contributed by atoms with Gasteiger partial charge in [-0.15, -0.1) is 0 Å². The zero-order valence-electron chi connectivity index (χ0n) is 7.86. The highest BCUT2D eigenvalue weighted by Crippen LogP contribution is 2.55. The van der Waals surface area contributed by atoms with Crippen LogP contribution in [0.15, 0.2) is 0 Å². The fourth-order valence-corrected chi connectivity index (χ4v) is 1.24. The van der Waals surface area contributed by atoms with Gasteiger partial charge in [0, 0.05) is 0 Å². The fraction of sp³-hybridized carbons (Fsp3) is 0.750. The molecular formula is C8H9F3O3. The molecule has 6 heteroatoms. The van der Waals surface area contributed by atoms with Crippen molar-refractivity contribution in [2.75, 3.05) is 0 Å². The van der Waals surface area contributed by atoms with E-state index in [9.17, 15) is 22.8 Å². The third-order valence-corrected chi connectivity index (χ3v) is 2.92. The predicted octanol–water partition coefficient (Wildman–Crippen LogP) is 1.66. The molecule has 0 aliphatic carbocycles. The molecule has 0 saturated carbocycles. The lowest BCUT2D eigenvalue weighted by molar-refractivity contribution is -0.236. The summed E-state index contributed by atoms with van der Waals surface area (Å²) in [4.78, 5) is 22.0. The van der Waals surface area contributed by atoms with Gasteiger partial charge >= 0.3 is 18.1 Å². The van der Waals surface area contributed by atoms with Crippen molar-refractivity contribution in [3.63, 3.8) is 0 Å². The average Bonchev–Trinajstić information content (AvgIpc) is 2.12. The van der Waals surface area contributed by atoms with Crippen LogP contribution < -0.4 is 0 Å². The van der Waals surface area contributed by atoms with Crippen LogP contribution in [0.1, 0.15) is 20.8 Å². The highest BCUT2D eigenvalue weighted by atomic mass is 19.4. The van der Waals surface area contributed by atoms with E-state index in [2.05, 4.69) is 4.74 Å². The number of alkyl halides is 3. The monoisotopic (exact) mass is 210 g/mol. The van der Waals surface area contributed by atoms with E-state index in [0.29, 0.717) is 6.92 Å². The Morgan fingerprint density at radius 3 is 1.64 bits per heavy atom. The normalized spacial score (nSPS) is 31.9. The predicted molar refractivity (Wildman–Crippen MR) is 39.0 cm³/mol. The van der Waals surface area contributed by atoms with E-state index in [1.54, 1.807) is 0 Å². The van der Waals surface area contributed by atoms with Gasteiger partial charge in [-0.05, 0) is 20.8 Å². The molecule has 80 valence electrons. The lowest BCUT2D eigenvalue weighted by Gasteiger charge is -2.32. The minimum absolute atomic E-state index is 0.681. The Balaban J connectivity index is 3.34. The summed E-state index contributed by atoms with van der Waals surface area (Å²) in [6, 6.07) is 0. The van der Waals surface area contributed by atoms with Crippen LogP contribution in [0.2, 0.25) is 0 Å². The molecule has 1 atom stereocenters. The Bertz CT molecular complexity index is 305. The molecule has 0 bridgehead atoms. The van der Waals surface area contributed by atoms with Crippen molar-refractivity contribution in [3.05, 3.63) is 0 Å². The van der Waals surface area contributed by atoms with Crippen LogP contribution >= 0.6 is 0 Å². The molecule has 0 N–H and O–H groups in total. The van der Waals surface area contributed by atoms with Crippen molar-refractivity contribution in [1.82, 2.24) is 0 Å². The smallest absolute Gasteiger partial charge is 0.392 e. The second-order valence-electron chi connectivity index (χ2n) is 3.92. The molecule has 1 fully saturated rings. The van der Waals surface area contributed by atoms with Gasteiger partial charge in [0.15, 0.2) is 5.41 Å². The Morgan fingerprint density at radius 1 is 1.07 bits per heavy atom. The van der Waals surface area contributed by atoms with Gasteiger partial charge < -0.3 is 4.74 Å². The molecule has 0 spiro atoms. The molecular weight excluding hydrogens is 201 g/mol. The third kappa shape index (κ3) is 0.994. The van der Waals surface area contributed by atoms with E-state index in [1.807, 2.05) is 0 Å². The summed E-state index contributed by atoms with van der Waals surface area (Å²) in [6.07, 6.45) is -4.79. The van der Waals surface area contributed by atoms with E-state index < -0.39 is 28.9 Å². The number of carbonyl (C=O) groups excluding carboxylic acids is 2. The summed E-state index contributed by atoms with van der Waals surface area (Å²) >= 11 is 0. The molecule has 0 radical (unpaired) electrons. The van der Waals surface area contributed by atoms with Crippen LogP contribution in [0.3, 0.4) is 0 Å². The number of cyclic esters (lactones) is 2. The number of esters is 2. The minimum Gasteiger partial charge on any atom is -0.392 e. The van der Waals surface area contributed by atoms with Crippen LogP contribution in [-0.2, 0) is 14.3 Å². The highest BCUT2D eigenvalue weighted by Gasteiger charge is 2.73. The van der Waals surface area contributed by atoms with E-state index in [0.717, 1.165) is 13.8 Å². The largest absolute Gasteiger partial charge is 0.405 e. The van der Waals surface area contributed by atoms with E-state index >= 15 is 0 Å². The number of hydrogen-bond acceptors (Lipinski definition) is 3. The van der Waals surface area contributed by atoms with Gasteiger partial charge in [0.25, 0.3) is 0 Å². The topological polar surface area (TPSA) is 43.4 Å². The van der Waals surface area contributed by atoms with Crippen LogP contribution in [0.4, 0.5) is 13.2 Å². The van der Waals surface area contributed by atoms with Crippen molar-refractivity contribution in [2.24, 2.45) is 10.8 Å². The van der Waals surface area contributed by atoms with Crippen molar-refractivity contribution in [1.29, 1.82) is 0 Å². The van der Waals surface area contributed by atoms with Gasteiger partial charge in [0.05, 0.1) is 5.41 Å². The minimum atomic E-state index is -4.79. The first kappa shape index (κ1) is 11.0. The van der Waals surface area contributed by atoms with Crippen molar-refractivity contribution in [2.45, 2.75) is 26.9 Å². The van der Waals surface area contributed by atoms with E-state index in [4.69, 9.17) is 0 Å². The molecule has 1 saturated heterocycles. The van der Waals surface area contributed by atoms with Crippen LogP contribution in [0.5, 0.6) is 0 Å². The second-order valence-corrected chi connectivity index (χ2v) is 3.92. The van der Waals surface area contributed by atoms with Gasteiger partial charge in [-0.25, -0.2) is 0 Å². The maximum atomic E-state index is 12.6. The number of ether oxygens (including phenoxy) is 1. The summed E-state index contributed by atoms with van der Waals surface area (Å²) < 4.78 is 41.9. The highest BCUT2D eigenvalue weighted by molar-refractivity contribution is 6.01. The standard InChI is InChI=1S/C8H9F3O3/c1-6(2)4(12)14-5(13)7(6,3)8(9,10)11/h1-3H3. The molecule has 0 aromatic heterocycles. The van der Waals surface area contributed by atoms with Gasteiger partial charge in [0.2, 0.25) is 0 Å². The second kappa shape index (κ2) is 2.49. The van der Waals surface area contributed by atoms with Gasteiger partial charge in [-0.2, -0.15) is 13.2 Å². The summed E-state index contributed by atoms with van der Waals surface area (Å²) in [5, 5.41) is 0. The third-order valence-electron chi connectivity index (χ3n) is 2.92. The average molecular weight is 210 g/mol. The molecule has 0 aromatic rings. The first-order valence-electron chi connectivity index (χ1n) is 3.88. The fourth-order valence-electron chi connectivity index (χ4n) is 1.24. The molecule has 1 rings (SSSR count). The summed E-state index contributed by atoms with van der Waals surface area (Å²) in [6.45, 7) is 2.78. The van der Waals surface area contributed by atoms with E-state index in [-0.39, 0.29) is 0 Å².